The molecule has 2 heterocycles. The van der Waals surface area contributed by atoms with Crippen LogP contribution in [0.15, 0.2) is 41.1 Å². The topological polar surface area (TPSA) is 73.9 Å². The van der Waals surface area contributed by atoms with Crippen molar-refractivity contribution in [2.45, 2.75) is 19.9 Å². The lowest BCUT2D eigenvalue weighted by molar-refractivity contribution is 0.0303. The first kappa shape index (κ1) is 22.3. The highest BCUT2D eigenvalue weighted by Gasteiger charge is 2.22. The number of thiophene rings is 1. The largest absolute Gasteiger partial charge is 0.378 e. The fraction of sp³-hybridized carbons (Fsp3) is 0.455. The molecule has 1 unspecified atom stereocenters. The molecule has 1 aromatic heterocycles. The van der Waals surface area contributed by atoms with Crippen molar-refractivity contribution in [1.29, 1.82) is 0 Å². The Bertz CT molecular complexity index is 818. The lowest BCUT2D eigenvalue weighted by Gasteiger charge is -2.29. The fourth-order valence-electron chi connectivity index (χ4n) is 3.66. The molecule has 0 aliphatic carbocycles. The Hall–Kier alpha value is -2.42. The highest BCUT2D eigenvalue weighted by atomic mass is 32.1. The van der Waals surface area contributed by atoms with E-state index in [1.165, 1.54) is 5.56 Å². The average Bonchev–Trinajstić information content (AvgIpc) is 3.31. The molecule has 1 atom stereocenters. The number of carbonyl (C=O) groups excluding carboxylic acids is 2. The second-order valence-corrected chi connectivity index (χ2v) is 7.86. The Morgan fingerprint density at radius 3 is 2.57 bits per heavy atom. The van der Waals surface area contributed by atoms with Gasteiger partial charge in [0.2, 0.25) is 0 Å². The second-order valence-electron chi connectivity index (χ2n) is 7.08. The smallest absolute Gasteiger partial charge is 0.319 e. The van der Waals surface area contributed by atoms with Crippen molar-refractivity contribution in [3.63, 3.8) is 0 Å². The summed E-state index contributed by atoms with van der Waals surface area (Å²) in [4.78, 5) is 29.6. The number of para-hydroxylation sites is 1. The normalized spacial score (nSPS) is 15.1. The summed E-state index contributed by atoms with van der Waals surface area (Å²) in [6, 6.07) is 9.03. The minimum atomic E-state index is -0.315. The Labute approximate surface area is 182 Å². The van der Waals surface area contributed by atoms with Gasteiger partial charge in [-0.05, 0) is 47.6 Å². The number of morpholine rings is 1. The summed E-state index contributed by atoms with van der Waals surface area (Å²) in [5.41, 5.74) is 2.21. The van der Waals surface area contributed by atoms with Gasteiger partial charge in [-0.1, -0.05) is 26.0 Å². The summed E-state index contributed by atoms with van der Waals surface area (Å²) in [6.45, 7) is 8.73. The number of ether oxygens (including phenoxy) is 1. The van der Waals surface area contributed by atoms with Gasteiger partial charge in [-0.2, -0.15) is 11.3 Å². The summed E-state index contributed by atoms with van der Waals surface area (Å²) in [5, 5.41) is 10.0. The Balaban J connectivity index is 1.65. The molecule has 1 fully saturated rings. The maximum absolute atomic E-state index is 12.9. The van der Waals surface area contributed by atoms with E-state index in [1.807, 2.05) is 12.1 Å². The zero-order valence-corrected chi connectivity index (χ0v) is 18.4. The molecule has 1 aromatic carbocycles. The number of urea groups is 1. The number of carbonyl (C=O) groups is 2. The minimum Gasteiger partial charge on any atom is -0.378 e. The van der Waals surface area contributed by atoms with Gasteiger partial charge < -0.3 is 20.3 Å². The molecule has 8 heteroatoms. The first-order chi connectivity index (χ1) is 14.6. The Kier molecular flexibility index (Phi) is 8.24. The number of nitrogens with zero attached hydrogens (tertiary/aromatic N) is 2. The van der Waals surface area contributed by atoms with Crippen LogP contribution in [0.5, 0.6) is 0 Å². The van der Waals surface area contributed by atoms with Gasteiger partial charge in [-0.25, -0.2) is 4.79 Å². The van der Waals surface area contributed by atoms with Gasteiger partial charge in [0, 0.05) is 19.6 Å². The third-order valence-corrected chi connectivity index (χ3v) is 6.04. The minimum absolute atomic E-state index is 0.0894. The number of rotatable bonds is 8. The molecular formula is C22H30N4O3S. The van der Waals surface area contributed by atoms with Crippen LogP contribution in [-0.4, -0.2) is 67.7 Å². The van der Waals surface area contributed by atoms with Crippen LogP contribution in [0.2, 0.25) is 0 Å². The summed E-state index contributed by atoms with van der Waals surface area (Å²) >= 11 is 1.66. The van der Waals surface area contributed by atoms with Crippen LogP contribution >= 0.6 is 11.3 Å². The molecule has 0 spiro atoms. The first-order valence-corrected chi connectivity index (χ1v) is 11.3. The molecule has 3 amide bonds. The summed E-state index contributed by atoms with van der Waals surface area (Å²) < 4.78 is 5.33. The molecule has 1 saturated heterocycles. The maximum atomic E-state index is 12.9. The zero-order valence-electron chi connectivity index (χ0n) is 17.6. The standard InChI is InChI=1S/C22H30N4O3S/c1-3-25(4-2)20(17-9-14-30-16-17)15-23-22(28)24-19-8-6-5-7-18(19)21(27)26-10-12-29-13-11-26/h5-9,14,16,20H,3-4,10-13,15H2,1-2H3,(H2,23,24,28). The van der Waals surface area contributed by atoms with Gasteiger partial charge >= 0.3 is 6.03 Å². The van der Waals surface area contributed by atoms with Crippen molar-refractivity contribution in [3.05, 3.63) is 52.2 Å². The van der Waals surface area contributed by atoms with Crippen LogP contribution in [-0.2, 0) is 4.74 Å². The number of hydrogen-bond acceptors (Lipinski definition) is 5. The van der Waals surface area contributed by atoms with Gasteiger partial charge in [0.05, 0.1) is 30.5 Å². The monoisotopic (exact) mass is 430 g/mol. The van der Waals surface area contributed by atoms with Gasteiger partial charge in [0.1, 0.15) is 0 Å². The Morgan fingerprint density at radius 2 is 1.90 bits per heavy atom. The van der Waals surface area contributed by atoms with E-state index < -0.39 is 0 Å². The van der Waals surface area contributed by atoms with Gasteiger partial charge in [-0.3, -0.25) is 9.69 Å². The number of benzene rings is 1. The molecule has 2 aromatic rings. The van der Waals surface area contributed by atoms with E-state index in [0.717, 1.165) is 13.1 Å². The lowest BCUT2D eigenvalue weighted by atomic mass is 10.1. The van der Waals surface area contributed by atoms with Crippen molar-refractivity contribution in [1.82, 2.24) is 15.1 Å². The Morgan fingerprint density at radius 1 is 1.17 bits per heavy atom. The average molecular weight is 431 g/mol. The molecule has 0 bridgehead atoms. The highest BCUT2D eigenvalue weighted by Crippen LogP contribution is 2.22. The van der Waals surface area contributed by atoms with Gasteiger partial charge in [0.15, 0.2) is 0 Å². The van der Waals surface area contributed by atoms with E-state index in [-0.39, 0.29) is 18.0 Å². The molecule has 0 radical (unpaired) electrons. The molecule has 7 nitrogen and oxygen atoms in total. The van der Waals surface area contributed by atoms with Crippen LogP contribution in [0.25, 0.3) is 0 Å². The predicted molar refractivity (Wildman–Crippen MR) is 120 cm³/mol. The highest BCUT2D eigenvalue weighted by molar-refractivity contribution is 7.08. The number of anilines is 1. The molecule has 1 aliphatic heterocycles. The van der Waals surface area contributed by atoms with E-state index in [4.69, 9.17) is 4.74 Å². The van der Waals surface area contributed by atoms with Gasteiger partial charge in [-0.15, -0.1) is 0 Å². The third-order valence-electron chi connectivity index (χ3n) is 5.34. The number of hydrogen-bond donors (Lipinski definition) is 2. The van der Waals surface area contributed by atoms with E-state index in [2.05, 4.69) is 46.2 Å². The molecule has 3 rings (SSSR count). The van der Waals surface area contributed by atoms with Crippen molar-refractivity contribution in [2.24, 2.45) is 0 Å². The van der Waals surface area contributed by atoms with Crippen molar-refractivity contribution < 1.29 is 14.3 Å². The van der Waals surface area contributed by atoms with Gasteiger partial charge in [0.25, 0.3) is 5.91 Å². The first-order valence-electron chi connectivity index (χ1n) is 10.4. The fourth-order valence-corrected chi connectivity index (χ4v) is 4.37. The van der Waals surface area contributed by atoms with E-state index in [1.54, 1.807) is 28.4 Å². The van der Waals surface area contributed by atoms with E-state index in [9.17, 15) is 9.59 Å². The maximum Gasteiger partial charge on any atom is 0.319 e. The predicted octanol–water partition coefficient (Wildman–Crippen LogP) is 3.43. The van der Waals surface area contributed by atoms with Crippen LogP contribution < -0.4 is 10.6 Å². The summed E-state index contributed by atoms with van der Waals surface area (Å²) in [5.74, 6) is -0.0894. The van der Waals surface area contributed by atoms with Crippen LogP contribution in [0.4, 0.5) is 10.5 Å². The van der Waals surface area contributed by atoms with Crippen molar-refractivity contribution in [3.8, 4) is 0 Å². The molecule has 2 N–H and O–H groups in total. The van der Waals surface area contributed by atoms with E-state index >= 15 is 0 Å². The molecular weight excluding hydrogens is 400 g/mol. The number of likely N-dealkylation sites (N-methyl/N-ethyl adjacent to an activating group) is 1. The number of amides is 3. The second kappa shape index (κ2) is 11.1. The van der Waals surface area contributed by atoms with Crippen LogP contribution in [0.3, 0.4) is 0 Å². The van der Waals surface area contributed by atoms with Crippen molar-refractivity contribution in [2.75, 3.05) is 51.3 Å². The molecule has 30 heavy (non-hydrogen) atoms. The van der Waals surface area contributed by atoms with E-state index in [0.29, 0.717) is 44.1 Å². The van der Waals surface area contributed by atoms with Crippen LogP contribution in [0, 0.1) is 0 Å². The van der Waals surface area contributed by atoms with Crippen molar-refractivity contribution >= 4 is 29.0 Å². The summed E-state index contributed by atoms with van der Waals surface area (Å²) in [7, 11) is 0. The lowest BCUT2D eigenvalue weighted by Crippen LogP contribution is -2.41. The van der Waals surface area contributed by atoms with Crippen LogP contribution in [0.1, 0.15) is 35.8 Å². The summed E-state index contributed by atoms with van der Waals surface area (Å²) in [6.07, 6.45) is 0. The molecule has 1 aliphatic rings. The molecule has 0 saturated carbocycles. The molecule has 162 valence electrons. The zero-order chi connectivity index (χ0) is 21.3. The quantitative estimate of drug-likeness (QED) is 0.673. The number of nitrogens with one attached hydrogen (secondary N) is 2. The third kappa shape index (κ3) is 5.59. The SMILES string of the molecule is CCN(CC)C(CNC(=O)Nc1ccccc1C(=O)N1CCOCC1)c1ccsc1.